The summed E-state index contributed by atoms with van der Waals surface area (Å²) >= 11 is 8.14. The van der Waals surface area contributed by atoms with Gasteiger partial charge in [0.25, 0.3) is 5.91 Å². The molecule has 1 aliphatic heterocycles. The Balaban J connectivity index is 2.07. The molecule has 4 nitrogen and oxygen atoms in total. The Hall–Kier alpha value is -0.400. The van der Waals surface area contributed by atoms with Crippen LogP contribution in [0.5, 0.6) is 0 Å². The van der Waals surface area contributed by atoms with E-state index in [2.05, 4.69) is 31.9 Å². The summed E-state index contributed by atoms with van der Waals surface area (Å²) in [4.78, 5) is 26.2. The van der Waals surface area contributed by atoms with Crippen LogP contribution in [0.15, 0.2) is 14.3 Å². The molecule has 2 heterocycles. The van der Waals surface area contributed by atoms with Gasteiger partial charge in [0.15, 0.2) is 0 Å². The summed E-state index contributed by atoms with van der Waals surface area (Å²) in [5.74, 6) is -0.759. The Morgan fingerprint density at radius 2 is 2.00 bits per heavy atom. The molecule has 20 heavy (non-hydrogen) atoms. The maximum atomic E-state index is 12.4. The van der Waals surface area contributed by atoms with Gasteiger partial charge in [0, 0.05) is 17.6 Å². The van der Waals surface area contributed by atoms with Crippen LogP contribution in [0.1, 0.15) is 35.9 Å². The first kappa shape index (κ1) is 16.0. The van der Waals surface area contributed by atoms with Gasteiger partial charge in [0.05, 0.1) is 14.1 Å². The highest BCUT2D eigenvalue weighted by Gasteiger charge is 2.41. The van der Waals surface area contributed by atoms with Gasteiger partial charge in [-0.3, -0.25) is 9.59 Å². The predicted molar refractivity (Wildman–Crippen MR) is 85.2 cm³/mol. The molecule has 1 amide bonds. The lowest BCUT2D eigenvalue weighted by atomic mass is 9.76. The molecule has 0 aliphatic carbocycles. The lowest BCUT2D eigenvalue weighted by Gasteiger charge is -2.38. The van der Waals surface area contributed by atoms with Crippen molar-refractivity contribution in [3.63, 3.8) is 0 Å². The number of carbonyl (C=O) groups excluding carboxylic acids is 1. The number of hydrogen-bond acceptors (Lipinski definition) is 3. The van der Waals surface area contributed by atoms with E-state index >= 15 is 0 Å². The zero-order chi connectivity index (χ0) is 14.9. The fourth-order valence-electron chi connectivity index (χ4n) is 2.46. The predicted octanol–water partition coefficient (Wildman–Crippen LogP) is 3.99. The molecule has 0 atom stereocenters. The van der Waals surface area contributed by atoms with Crippen LogP contribution in [0, 0.1) is 5.41 Å². The summed E-state index contributed by atoms with van der Waals surface area (Å²) in [5.41, 5.74) is -0.659. The Bertz CT molecular complexity index is 516. The molecule has 1 fully saturated rings. The first-order valence-corrected chi connectivity index (χ1v) is 8.77. The van der Waals surface area contributed by atoms with Gasteiger partial charge in [-0.1, -0.05) is 6.92 Å². The van der Waals surface area contributed by atoms with Crippen LogP contribution in [-0.2, 0) is 4.79 Å². The second-order valence-electron chi connectivity index (χ2n) is 4.96. The van der Waals surface area contributed by atoms with Crippen LogP contribution >= 0.6 is 43.2 Å². The van der Waals surface area contributed by atoms with Crippen molar-refractivity contribution in [3.8, 4) is 0 Å². The van der Waals surface area contributed by atoms with Crippen molar-refractivity contribution < 1.29 is 14.7 Å². The van der Waals surface area contributed by atoms with E-state index in [1.54, 1.807) is 11.0 Å². The maximum absolute atomic E-state index is 12.4. The van der Waals surface area contributed by atoms with Gasteiger partial charge in [-0.15, -0.1) is 11.3 Å². The number of carbonyl (C=O) groups is 2. The molecule has 0 bridgehead atoms. The summed E-state index contributed by atoms with van der Waals surface area (Å²) < 4.78 is 1.77. The Morgan fingerprint density at radius 1 is 1.40 bits per heavy atom. The Labute approximate surface area is 138 Å². The van der Waals surface area contributed by atoms with Gasteiger partial charge >= 0.3 is 5.97 Å². The molecule has 0 saturated carbocycles. The van der Waals surface area contributed by atoms with Crippen LogP contribution in [0.4, 0.5) is 0 Å². The first-order chi connectivity index (χ1) is 9.39. The fourth-order valence-corrected chi connectivity index (χ4v) is 4.47. The number of carboxylic acids is 1. The van der Waals surface area contributed by atoms with E-state index in [9.17, 15) is 14.7 Å². The van der Waals surface area contributed by atoms with E-state index < -0.39 is 11.4 Å². The van der Waals surface area contributed by atoms with Gasteiger partial charge in [0.2, 0.25) is 0 Å². The average Bonchev–Trinajstić information content (AvgIpc) is 2.78. The molecule has 0 unspecified atom stereocenters. The van der Waals surface area contributed by atoms with Crippen molar-refractivity contribution in [3.05, 3.63) is 19.2 Å². The second kappa shape index (κ2) is 6.15. The number of nitrogens with zero attached hydrogens (tertiary/aromatic N) is 1. The average molecular weight is 425 g/mol. The molecule has 110 valence electrons. The van der Waals surface area contributed by atoms with Crippen molar-refractivity contribution in [2.45, 2.75) is 26.2 Å². The maximum Gasteiger partial charge on any atom is 0.309 e. The third-order valence-corrected chi connectivity index (χ3v) is 7.24. The van der Waals surface area contributed by atoms with Crippen molar-refractivity contribution in [2.75, 3.05) is 13.1 Å². The quantitative estimate of drug-likeness (QED) is 0.797. The second-order valence-corrected chi connectivity index (χ2v) is 8.19. The standard InChI is InChI=1S/C13H15Br2NO3S/c1-2-13(12(18)19)3-5-16(6-4-13)11(17)9-7-8(14)10(15)20-9/h7H,2-6H2,1H3,(H,18,19). The summed E-state index contributed by atoms with van der Waals surface area (Å²) in [6.45, 7) is 2.91. The van der Waals surface area contributed by atoms with Gasteiger partial charge in [-0.2, -0.15) is 0 Å². The van der Waals surface area contributed by atoms with E-state index in [4.69, 9.17) is 0 Å². The minimum atomic E-state index is -0.742. The van der Waals surface area contributed by atoms with Crippen molar-refractivity contribution in [2.24, 2.45) is 5.41 Å². The van der Waals surface area contributed by atoms with Gasteiger partial charge < -0.3 is 10.0 Å². The lowest BCUT2D eigenvalue weighted by Crippen LogP contribution is -2.46. The summed E-state index contributed by atoms with van der Waals surface area (Å²) in [6.07, 6.45) is 1.66. The molecular formula is C13H15Br2NO3S. The van der Waals surface area contributed by atoms with Crippen LogP contribution in [-0.4, -0.2) is 35.0 Å². The third-order valence-electron chi connectivity index (χ3n) is 3.99. The summed E-state index contributed by atoms with van der Waals surface area (Å²) in [5, 5.41) is 9.36. The molecule has 1 aliphatic rings. The zero-order valence-corrected chi connectivity index (χ0v) is 15.0. The van der Waals surface area contributed by atoms with Crippen LogP contribution in [0.25, 0.3) is 0 Å². The molecule has 1 aromatic heterocycles. The lowest BCUT2D eigenvalue weighted by molar-refractivity contribution is -0.152. The number of likely N-dealkylation sites (tertiary alicyclic amines) is 1. The van der Waals surface area contributed by atoms with Gasteiger partial charge in [-0.25, -0.2) is 0 Å². The molecule has 1 N–H and O–H groups in total. The van der Waals surface area contributed by atoms with Crippen molar-refractivity contribution >= 4 is 55.1 Å². The molecule has 7 heteroatoms. The van der Waals surface area contributed by atoms with Crippen molar-refractivity contribution in [1.29, 1.82) is 0 Å². The number of carboxylic acid groups (broad SMARTS) is 1. The van der Waals surface area contributed by atoms with Gasteiger partial charge in [-0.05, 0) is 57.2 Å². The number of thiophene rings is 1. The molecule has 0 aromatic carbocycles. The molecule has 1 saturated heterocycles. The topological polar surface area (TPSA) is 57.6 Å². The normalized spacial score (nSPS) is 18.1. The molecule has 0 spiro atoms. The number of piperidine rings is 1. The van der Waals surface area contributed by atoms with Crippen molar-refractivity contribution in [1.82, 2.24) is 4.90 Å². The highest BCUT2D eigenvalue weighted by atomic mass is 79.9. The monoisotopic (exact) mass is 423 g/mol. The van der Waals surface area contributed by atoms with Crippen LogP contribution in [0.3, 0.4) is 0 Å². The minimum Gasteiger partial charge on any atom is -0.481 e. The molecular weight excluding hydrogens is 410 g/mol. The molecule has 1 aromatic rings. The van der Waals surface area contributed by atoms with E-state index in [0.29, 0.717) is 37.2 Å². The smallest absolute Gasteiger partial charge is 0.309 e. The van der Waals surface area contributed by atoms with E-state index in [1.165, 1.54) is 11.3 Å². The molecule has 2 rings (SSSR count). The Kier molecular flexibility index (Phi) is 4.92. The van der Waals surface area contributed by atoms with Crippen LogP contribution < -0.4 is 0 Å². The number of rotatable bonds is 3. The van der Waals surface area contributed by atoms with Crippen LogP contribution in [0.2, 0.25) is 0 Å². The highest BCUT2D eigenvalue weighted by Crippen LogP contribution is 2.37. The first-order valence-electron chi connectivity index (χ1n) is 6.37. The van der Waals surface area contributed by atoms with E-state index in [0.717, 1.165) is 8.26 Å². The third kappa shape index (κ3) is 2.94. The van der Waals surface area contributed by atoms with Gasteiger partial charge in [0.1, 0.15) is 0 Å². The Morgan fingerprint density at radius 3 is 2.40 bits per heavy atom. The number of aliphatic carboxylic acids is 1. The summed E-state index contributed by atoms with van der Waals surface area (Å²) in [7, 11) is 0. The molecule has 0 radical (unpaired) electrons. The number of halogens is 2. The zero-order valence-electron chi connectivity index (χ0n) is 11.0. The largest absolute Gasteiger partial charge is 0.481 e. The number of amides is 1. The van der Waals surface area contributed by atoms with E-state index in [-0.39, 0.29) is 5.91 Å². The SMILES string of the molecule is CCC1(C(=O)O)CCN(C(=O)c2cc(Br)c(Br)s2)CC1. The number of hydrogen-bond donors (Lipinski definition) is 1. The fraction of sp³-hybridized carbons (Fsp3) is 0.538. The minimum absolute atomic E-state index is 0.0171. The highest BCUT2D eigenvalue weighted by molar-refractivity contribution is 9.13. The summed E-state index contributed by atoms with van der Waals surface area (Å²) in [6, 6.07) is 1.80. The van der Waals surface area contributed by atoms with E-state index in [1.807, 2.05) is 6.92 Å².